The van der Waals surface area contributed by atoms with E-state index in [2.05, 4.69) is 0 Å². The molecule has 20 heteroatoms. The van der Waals surface area contributed by atoms with Crippen molar-refractivity contribution in [2.24, 2.45) is 0 Å². The summed E-state index contributed by atoms with van der Waals surface area (Å²) in [6, 6.07) is 15.1. The standard InChI is InChI=1S/C41H46O20/c1-19(42)50-17-29-33(52-21(3)44)36(53-22(4)45)39(56-25(7)48)41(59-29)61-34-30(18-51-20(2)43)58-40(38(55-24(6)47)37(34)54-23(5)46)57-28-15-13-27(14-16-28)32-35(60-32)31(49)26-11-9-8-10-12-26/h8-16,29-30,32-41H,17-18H2,1-7H3/t29-,30-,32-,33-,34-,35-,36+,37+,38-,39-,40-,41+/m1/s1. The van der Waals surface area contributed by atoms with Gasteiger partial charge in [0.2, 0.25) is 12.4 Å². The Morgan fingerprint density at radius 1 is 0.475 bits per heavy atom. The lowest BCUT2D eigenvalue weighted by Gasteiger charge is -2.48. The number of hydrogen-bond acceptors (Lipinski definition) is 20. The van der Waals surface area contributed by atoms with E-state index in [-0.39, 0.29) is 11.5 Å². The Balaban J connectivity index is 1.48. The average molecular weight is 859 g/mol. The highest BCUT2D eigenvalue weighted by atomic mass is 16.8. The molecule has 5 rings (SSSR count). The van der Waals surface area contributed by atoms with Gasteiger partial charge in [-0.3, -0.25) is 38.4 Å². The van der Waals surface area contributed by atoms with E-state index >= 15 is 0 Å². The second-order valence-corrected chi connectivity index (χ2v) is 14.1. The smallest absolute Gasteiger partial charge is 0.303 e. The van der Waals surface area contributed by atoms with E-state index in [1.807, 2.05) is 0 Å². The SMILES string of the molecule is CC(=O)OC[C@H]1O[C@@H](O[C@H]2[C@H](OC(C)=O)[C@@H](OC(C)=O)[C@H](Oc3ccc([C@H]4O[C@@H]4C(=O)c4ccccc4)cc3)O[C@@H]2COC(C)=O)[C@H](OC(C)=O)[C@@H](OC(C)=O)[C@@H]1OC(C)=O. The Labute approximate surface area is 349 Å². The minimum absolute atomic E-state index is 0.157. The first kappa shape index (κ1) is 46.1. The van der Waals surface area contributed by atoms with Gasteiger partial charge in [-0.05, 0) is 17.7 Å². The fourth-order valence-electron chi connectivity index (χ4n) is 6.77. The Hall–Kier alpha value is -5.96. The quantitative estimate of drug-likeness (QED) is 0.101. The molecule has 2 aromatic carbocycles. The van der Waals surface area contributed by atoms with Crippen molar-refractivity contribution in [3.63, 3.8) is 0 Å². The van der Waals surface area contributed by atoms with Crippen molar-refractivity contribution in [3.05, 3.63) is 65.7 Å². The largest absolute Gasteiger partial charge is 0.463 e. The average Bonchev–Trinajstić information content (AvgIpc) is 3.98. The van der Waals surface area contributed by atoms with E-state index in [1.54, 1.807) is 42.5 Å². The monoisotopic (exact) mass is 858 g/mol. The molecule has 0 saturated carbocycles. The van der Waals surface area contributed by atoms with E-state index < -0.39 is 129 Å². The predicted octanol–water partition coefficient (Wildman–Crippen LogP) is 2.01. The molecule has 3 fully saturated rings. The molecule has 0 N–H and O–H groups in total. The molecular weight excluding hydrogens is 812 g/mol. The zero-order valence-corrected chi connectivity index (χ0v) is 34.2. The van der Waals surface area contributed by atoms with Crippen molar-refractivity contribution >= 4 is 47.6 Å². The highest BCUT2D eigenvalue weighted by molar-refractivity contribution is 6.01. The van der Waals surface area contributed by atoms with Gasteiger partial charge in [-0.15, -0.1) is 0 Å². The molecule has 0 aliphatic carbocycles. The van der Waals surface area contributed by atoms with Crippen molar-refractivity contribution in [1.82, 2.24) is 0 Å². The van der Waals surface area contributed by atoms with Crippen molar-refractivity contribution < 1.29 is 95.2 Å². The summed E-state index contributed by atoms with van der Waals surface area (Å²) in [5.41, 5.74) is 1.16. The number of esters is 7. The summed E-state index contributed by atoms with van der Waals surface area (Å²) < 4.78 is 68.8. The van der Waals surface area contributed by atoms with Crippen LogP contribution in [0.2, 0.25) is 0 Å². The molecule has 20 nitrogen and oxygen atoms in total. The summed E-state index contributed by atoms with van der Waals surface area (Å²) in [5, 5.41) is 0. The molecule has 3 heterocycles. The molecule has 3 saturated heterocycles. The molecule has 0 aromatic heterocycles. The molecule has 0 spiro atoms. The molecule has 3 aliphatic rings. The van der Waals surface area contributed by atoms with Gasteiger partial charge in [0.1, 0.15) is 43.4 Å². The van der Waals surface area contributed by atoms with Gasteiger partial charge in [0.15, 0.2) is 42.6 Å². The number of ether oxygens (including phenoxy) is 12. The van der Waals surface area contributed by atoms with Crippen LogP contribution < -0.4 is 4.74 Å². The van der Waals surface area contributed by atoms with Crippen molar-refractivity contribution in [2.45, 2.75) is 122 Å². The Morgan fingerprint density at radius 3 is 1.43 bits per heavy atom. The van der Waals surface area contributed by atoms with Crippen LogP contribution in [0.15, 0.2) is 54.6 Å². The summed E-state index contributed by atoms with van der Waals surface area (Å²) in [7, 11) is 0. The van der Waals surface area contributed by atoms with Crippen LogP contribution in [0.3, 0.4) is 0 Å². The maximum Gasteiger partial charge on any atom is 0.303 e. The van der Waals surface area contributed by atoms with E-state index in [0.717, 1.165) is 48.5 Å². The van der Waals surface area contributed by atoms with Crippen LogP contribution in [-0.4, -0.2) is 128 Å². The van der Waals surface area contributed by atoms with Crippen LogP contribution in [0.4, 0.5) is 0 Å². The summed E-state index contributed by atoms with van der Waals surface area (Å²) in [5.74, 6) is -6.05. The fraction of sp³-hybridized carbons (Fsp3) is 0.512. The van der Waals surface area contributed by atoms with E-state index in [4.69, 9.17) is 56.8 Å². The lowest BCUT2D eigenvalue weighted by atomic mass is 9.96. The first-order valence-corrected chi connectivity index (χ1v) is 19.0. The highest BCUT2D eigenvalue weighted by Crippen LogP contribution is 2.42. The summed E-state index contributed by atoms with van der Waals surface area (Å²) in [6.07, 6.45) is -17.3. The van der Waals surface area contributed by atoms with Gasteiger partial charge in [0.25, 0.3) is 0 Å². The lowest BCUT2D eigenvalue weighted by molar-refractivity contribution is -0.354. The van der Waals surface area contributed by atoms with Crippen LogP contribution in [0.5, 0.6) is 5.75 Å². The van der Waals surface area contributed by atoms with Gasteiger partial charge >= 0.3 is 41.8 Å². The summed E-state index contributed by atoms with van der Waals surface area (Å²) in [6.45, 7) is 6.25. The highest BCUT2D eigenvalue weighted by Gasteiger charge is 2.58. The Morgan fingerprint density at radius 2 is 0.918 bits per heavy atom. The number of carbonyl (C=O) groups is 8. The lowest BCUT2D eigenvalue weighted by Crippen LogP contribution is -2.67. The van der Waals surface area contributed by atoms with Crippen LogP contribution in [0, 0.1) is 0 Å². The zero-order chi connectivity index (χ0) is 44.5. The minimum atomic E-state index is -1.84. The van der Waals surface area contributed by atoms with Gasteiger partial charge < -0.3 is 56.8 Å². The van der Waals surface area contributed by atoms with E-state index in [9.17, 15) is 38.4 Å². The fourth-order valence-corrected chi connectivity index (χ4v) is 6.77. The first-order valence-electron chi connectivity index (χ1n) is 19.0. The number of epoxide rings is 1. The molecule has 3 aliphatic heterocycles. The van der Waals surface area contributed by atoms with Crippen molar-refractivity contribution in [3.8, 4) is 5.75 Å². The molecule has 0 unspecified atom stereocenters. The summed E-state index contributed by atoms with van der Waals surface area (Å²) >= 11 is 0. The van der Waals surface area contributed by atoms with E-state index in [0.29, 0.717) is 11.1 Å². The number of Topliss-reactive ketones (excluding diaryl/α,β-unsaturated/α-hetero) is 1. The molecule has 0 radical (unpaired) electrons. The van der Waals surface area contributed by atoms with Crippen molar-refractivity contribution in [2.75, 3.05) is 13.2 Å². The van der Waals surface area contributed by atoms with Crippen LogP contribution >= 0.6 is 0 Å². The number of carbonyl (C=O) groups excluding carboxylic acids is 8. The maximum atomic E-state index is 12.9. The van der Waals surface area contributed by atoms with Crippen LogP contribution in [0.1, 0.15) is 70.5 Å². The molecule has 0 bridgehead atoms. The molecule has 12 atom stereocenters. The Bertz CT molecular complexity index is 1930. The van der Waals surface area contributed by atoms with Gasteiger partial charge in [-0.1, -0.05) is 42.5 Å². The van der Waals surface area contributed by atoms with Gasteiger partial charge in [-0.25, -0.2) is 0 Å². The number of hydrogen-bond donors (Lipinski definition) is 0. The van der Waals surface area contributed by atoms with Crippen molar-refractivity contribution in [1.29, 1.82) is 0 Å². The second-order valence-electron chi connectivity index (χ2n) is 14.1. The van der Waals surface area contributed by atoms with Crippen LogP contribution in [0.25, 0.3) is 0 Å². The third-order valence-corrected chi connectivity index (χ3v) is 9.15. The summed E-state index contributed by atoms with van der Waals surface area (Å²) in [4.78, 5) is 99.5. The topological polar surface area (TPSA) is 251 Å². The van der Waals surface area contributed by atoms with Gasteiger partial charge in [-0.2, -0.15) is 0 Å². The molecule has 61 heavy (non-hydrogen) atoms. The predicted molar refractivity (Wildman–Crippen MR) is 199 cm³/mol. The van der Waals surface area contributed by atoms with Gasteiger partial charge in [0, 0.05) is 54.0 Å². The third-order valence-electron chi connectivity index (χ3n) is 9.15. The molecule has 2 aromatic rings. The molecular formula is C41H46O20. The van der Waals surface area contributed by atoms with Crippen LogP contribution in [-0.2, 0) is 85.7 Å². The number of ketones is 1. The third kappa shape index (κ3) is 12.5. The molecule has 330 valence electrons. The van der Waals surface area contributed by atoms with E-state index in [1.165, 1.54) is 12.1 Å². The number of benzene rings is 2. The zero-order valence-electron chi connectivity index (χ0n) is 34.2. The minimum Gasteiger partial charge on any atom is -0.463 e. The Kier molecular flexibility index (Phi) is 15.5. The van der Waals surface area contributed by atoms with Gasteiger partial charge in [0.05, 0.1) is 0 Å². The molecule has 0 amide bonds. The number of rotatable bonds is 16. The normalized spacial score (nSPS) is 29.1. The first-order chi connectivity index (χ1) is 28.9. The maximum absolute atomic E-state index is 12.9. The second kappa shape index (κ2) is 20.5.